The number of benzene rings is 2. The molecule has 2 nitrogen and oxygen atoms in total. The van der Waals surface area contributed by atoms with Gasteiger partial charge in [-0.3, -0.25) is 0 Å². The summed E-state index contributed by atoms with van der Waals surface area (Å²) in [6, 6.07) is 17.6. The highest BCUT2D eigenvalue weighted by molar-refractivity contribution is 5.92. The highest BCUT2D eigenvalue weighted by atomic mass is 16.5. The summed E-state index contributed by atoms with van der Waals surface area (Å²) in [5.41, 5.74) is 2.53. The first kappa shape index (κ1) is 16.1. The summed E-state index contributed by atoms with van der Waals surface area (Å²) in [5, 5.41) is 0. The Balaban J connectivity index is 1.53. The molecule has 0 heterocycles. The van der Waals surface area contributed by atoms with Crippen molar-refractivity contribution in [1.29, 1.82) is 0 Å². The molecule has 0 aromatic heterocycles. The number of allylic oxidation sites excluding steroid dienone is 1. The summed E-state index contributed by atoms with van der Waals surface area (Å²) in [7, 11) is 0. The van der Waals surface area contributed by atoms with Gasteiger partial charge in [-0.25, -0.2) is 4.79 Å². The highest BCUT2D eigenvalue weighted by Gasteiger charge is 2.18. The number of esters is 1. The standard InChI is InChI=1S/C22H20O2/c23-22(24-17-7-6-10-18-8-2-1-3-9-18)21-12-5-4-11-20(21)16-15-19-13-14-19/h1-9,11-12,19H,10,13-14,17H2/b7-6+. The molecule has 2 aromatic carbocycles. The van der Waals surface area contributed by atoms with Crippen molar-refractivity contribution in [1.82, 2.24) is 0 Å². The van der Waals surface area contributed by atoms with E-state index in [1.54, 1.807) is 6.07 Å². The Morgan fingerprint density at radius 2 is 1.79 bits per heavy atom. The van der Waals surface area contributed by atoms with Gasteiger partial charge < -0.3 is 4.74 Å². The largest absolute Gasteiger partial charge is 0.458 e. The second-order valence-electron chi connectivity index (χ2n) is 5.85. The Bertz CT molecular complexity index is 774. The first-order valence-electron chi connectivity index (χ1n) is 8.29. The van der Waals surface area contributed by atoms with Crippen LogP contribution in [0.5, 0.6) is 0 Å². The van der Waals surface area contributed by atoms with Gasteiger partial charge in [0, 0.05) is 11.5 Å². The molecule has 0 atom stereocenters. The van der Waals surface area contributed by atoms with Crippen LogP contribution in [-0.2, 0) is 11.2 Å². The van der Waals surface area contributed by atoms with Crippen LogP contribution in [-0.4, -0.2) is 12.6 Å². The first-order chi connectivity index (χ1) is 11.8. The van der Waals surface area contributed by atoms with Crippen molar-refractivity contribution in [3.8, 4) is 11.8 Å². The Hall–Kier alpha value is -2.79. The van der Waals surface area contributed by atoms with E-state index < -0.39 is 0 Å². The van der Waals surface area contributed by atoms with Gasteiger partial charge in [0.2, 0.25) is 0 Å². The van der Waals surface area contributed by atoms with Crippen molar-refractivity contribution in [3.05, 3.63) is 83.4 Å². The van der Waals surface area contributed by atoms with E-state index in [2.05, 4.69) is 24.0 Å². The summed E-state index contributed by atoms with van der Waals surface area (Å²) in [6.45, 7) is 0.274. The molecule has 2 aromatic rings. The zero-order chi connectivity index (χ0) is 16.6. The zero-order valence-electron chi connectivity index (χ0n) is 13.6. The van der Waals surface area contributed by atoms with Crippen molar-refractivity contribution < 1.29 is 9.53 Å². The predicted molar refractivity (Wildman–Crippen MR) is 95.6 cm³/mol. The molecule has 120 valence electrons. The Morgan fingerprint density at radius 1 is 1.04 bits per heavy atom. The van der Waals surface area contributed by atoms with Gasteiger partial charge in [-0.2, -0.15) is 0 Å². The van der Waals surface area contributed by atoms with Gasteiger partial charge in [0.15, 0.2) is 0 Å². The number of hydrogen-bond acceptors (Lipinski definition) is 2. The lowest BCUT2D eigenvalue weighted by Crippen LogP contribution is -2.07. The molecule has 1 aliphatic rings. The molecule has 0 amide bonds. The smallest absolute Gasteiger partial charge is 0.339 e. The van der Waals surface area contributed by atoms with Crippen molar-refractivity contribution in [2.75, 3.05) is 6.61 Å². The maximum absolute atomic E-state index is 12.2. The average molecular weight is 316 g/mol. The fourth-order valence-corrected chi connectivity index (χ4v) is 2.28. The number of ether oxygens (including phenoxy) is 1. The third-order valence-corrected chi connectivity index (χ3v) is 3.81. The van der Waals surface area contributed by atoms with E-state index in [1.807, 2.05) is 48.6 Å². The molecule has 2 heteroatoms. The molecule has 1 fully saturated rings. The summed E-state index contributed by atoms with van der Waals surface area (Å²) in [4.78, 5) is 12.2. The topological polar surface area (TPSA) is 26.3 Å². The molecule has 0 N–H and O–H groups in total. The van der Waals surface area contributed by atoms with Gasteiger partial charge >= 0.3 is 5.97 Å². The van der Waals surface area contributed by atoms with Gasteiger partial charge in [0.1, 0.15) is 6.61 Å². The molecule has 24 heavy (non-hydrogen) atoms. The van der Waals surface area contributed by atoms with E-state index in [4.69, 9.17) is 4.74 Å². The van der Waals surface area contributed by atoms with Crippen LogP contribution in [0.15, 0.2) is 66.7 Å². The summed E-state index contributed by atoms with van der Waals surface area (Å²) >= 11 is 0. The number of carbonyl (C=O) groups excluding carboxylic acids is 1. The van der Waals surface area contributed by atoms with E-state index in [0.717, 1.165) is 12.0 Å². The van der Waals surface area contributed by atoms with Crippen LogP contribution in [0.25, 0.3) is 0 Å². The van der Waals surface area contributed by atoms with Crippen LogP contribution in [0, 0.1) is 17.8 Å². The van der Waals surface area contributed by atoms with Crippen LogP contribution in [0.1, 0.15) is 34.3 Å². The van der Waals surface area contributed by atoms with Crippen molar-refractivity contribution in [2.45, 2.75) is 19.3 Å². The monoisotopic (exact) mass is 316 g/mol. The van der Waals surface area contributed by atoms with Crippen molar-refractivity contribution in [3.63, 3.8) is 0 Å². The summed E-state index contributed by atoms with van der Waals surface area (Å²) < 4.78 is 5.34. The maximum Gasteiger partial charge on any atom is 0.339 e. The quantitative estimate of drug-likeness (QED) is 0.464. The number of carbonyl (C=O) groups is 1. The lowest BCUT2D eigenvalue weighted by molar-refractivity contribution is 0.0549. The molecule has 0 saturated heterocycles. The minimum Gasteiger partial charge on any atom is -0.458 e. The van der Waals surface area contributed by atoms with Gasteiger partial charge in [-0.1, -0.05) is 66.5 Å². The van der Waals surface area contributed by atoms with E-state index in [0.29, 0.717) is 11.5 Å². The fraction of sp³-hybridized carbons (Fsp3) is 0.227. The van der Waals surface area contributed by atoms with Crippen LogP contribution < -0.4 is 0 Å². The fourth-order valence-electron chi connectivity index (χ4n) is 2.28. The number of hydrogen-bond donors (Lipinski definition) is 0. The van der Waals surface area contributed by atoms with E-state index in [9.17, 15) is 4.79 Å². The Kier molecular flexibility index (Phi) is 5.48. The van der Waals surface area contributed by atoms with Gasteiger partial charge in [0.05, 0.1) is 5.56 Å². The van der Waals surface area contributed by atoms with E-state index in [-0.39, 0.29) is 12.6 Å². The second kappa shape index (κ2) is 8.17. The van der Waals surface area contributed by atoms with Crippen molar-refractivity contribution >= 4 is 5.97 Å². The molecule has 1 aliphatic carbocycles. The molecular formula is C22H20O2. The summed E-state index contributed by atoms with van der Waals surface area (Å²) in [5.74, 6) is 6.49. The summed E-state index contributed by atoms with van der Waals surface area (Å²) in [6.07, 6.45) is 7.07. The van der Waals surface area contributed by atoms with Gasteiger partial charge in [-0.15, -0.1) is 0 Å². The number of rotatable bonds is 5. The van der Waals surface area contributed by atoms with Gasteiger partial charge in [-0.05, 0) is 37.0 Å². The molecule has 3 rings (SSSR count). The third kappa shape index (κ3) is 4.86. The molecule has 0 unspecified atom stereocenters. The van der Waals surface area contributed by atoms with Gasteiger partial charge in [0.25, 0.3) is 0 Å². The third-order valence-electron chi connectivity index (χ3n) is 3.81. The predicted octanol–water partition coefficient (Wildman–Crippen LogP) is 4.40. The van der Waals surface area contributed by atoms with Crippen LogP contribution in [0.2, 0.25) is 0 Å². The van der Waals surface area contributed by atoms with Crippen LogP contribution in [0.3, 0.4) is 0 Å². The second-order valence-corrected chi connectivity index (χ2v) is 5.85. The van der Waals surface area contributed by atoms with Crippen molar-refractivity contribution in [2.24, 2.45) is 5.92 Å². The van der Waals surface area contributed by atoms with Crippen LogP contribution >= 0.6 is 0 Å². The minimum atomic E-state index is -0.319. The molecular weight excluding hydrogens is 296 g/mol. The lowest BCUT2D eigenvalue weighted by Gasteiger charge is -2.04. The normalized spacial score (nSPS) is 13.3. The molecule has 0 spiro atoms. The molecule has 1 saturated carbocycles. The molecule has 0 bridgehead atoms. The van der Waals surface area contributed by atoms with E-state index >= 15 is 0 Å². The SMILES string of the molecule is O=C(OC/C=C/Cc1ccccc1)c1ccccc1C#CC1CC1. The minimum absolute atomic E-state index is 0.274. The zero-order valence-corrected chi connectivity index (χ0v) is 13.6. The first-order valence-corrected chi connectivity index (χ1v) is 8.29. The Labute approximate surface area is 143 Å². The lowest BCUT2D eigenvalue weighted by atomic mass is 10.1. The average Bonchev–Trinajstić information content (AvgIpc) is 3.45. The highest BCUT2D eigenvalue weighted by Crippen LogP contribution is 2.27. The van der Waals surface area contributed by atoms with Crippen LogP contribution in [0.4, 0.5) is 0 Å². The Morgan fingerprint density at radius 3 is 2.58 bits per heavy atom. The molecule has 0 aliphatic heterocycles. The molecule has 0 radical (unpaired) electrons. The maximum atomic E-state index is 12.2. The van der Waals surface area contributed by atoms with E-state index in [1.165, 1.54) is 18.4 Å².